The lowest BCUT2D eigenvalue weighted by atomic mass is 10.3. The van der Waals surface area contributed by atoms with Gasteiger partial charge in [0.25, 0.3) is 10.0 Å². The number of aromatic nitrogens is 2. The number of H-pyrrole nitrogens is 1. The maximum absolute atomic E-state index is 12.2. The second kappa shape index (κ2) is 5.16. The Bertz CT molecular complexity index is 443. The molecule has 1 unspecified atom stereocenters. The lowest BCUT2D eigenvalue weighted by Gasteiger charge is -2.22. The largest absolute Gasteiger partial charge is 0.266 e. The Hall–Kier alpha value is -0.590. The normalized spacial score (nSPS) is 14.3. The molecule has 0 fully saturated rings. The summed E-state index contributed by atoms with van der Waals surface area (Å²) in [5, 5.41) is 6.29. The first-order chi connectivity index (χ1) is 7.45. The highest BCUT2D eigenvalue weighted by Gasteiger charge is 2.28. The summed E-state index contributed by atoms with van der Waals surface area (Å²) < 4.78 is 25.7. The van der Waals surface area contributed by atoms with Crippen molar-refractivity contribution in [3.8, 4) is 0 Å². The Morgan fingerprint density at radius 3 is 2.75 bits per heavy atom. The van der Waals surface area contributed by atoms with Crippen LogP contribution >= 0.6 is 11.6 Å². The summed E-state index contributed by atoms with van der Waals surface area (Å²) in [5.74, 6) is 0.124. The number of nitrogens with zero attached hydrogens (tertiary/aromatic N) is 2. The summed E-state index contributed by atoms with van der Waals surface area (Å²) in [6.07, 6.45) is 2.18. The van der Waals surface area contributed by atoms with Crippen LogP contribution in [0.5, 0.6) is 0 Å². The van der Waals surface area contributed by atoms with Crippen molar-refractivity contribution in [1.29, 1.82) is 0 Å². The van der Waals surface area contributed by atoms with Crippen LogP contribution in [0.4, 0.5) is 0 Å². The zero-order valence-electron chi connectivity index (χ0n) is 9.57. The van der Waals surface area contributed by atoms with Crippen LogP contribution in [0, 0.1) is 0 Å². The van der Waals surface area contributed by atoms with E-state index in [0.29, 0.717) is 5.56 Å². The van der Waals surface area contributed by atoms with Gasteiger partial charge in [-0.1, -0.05) is 6.92 Å². The molecule has 0 bridgehead atoms. The molecule has 0 saturated carbocycles. The van der Waals surface area contributed by atoms with Gasteiger partial charge in [-0.2, -0.15) is 9.40 Å². The van der Waals surface area contributed by atoms with Crippen molar-refractivity contribution in [2.24, 2.45) is 0 Å². The fourth-order valence-corrected chi connectivity index (χ4v) is 3.07. The predicted molar refractivity (Wildman–Crippen MR) is 62.8 cm³/mol. The number of nitrogens with one attached hydrogen (secondary N) is 1. The fourth-order valence-electron chi connectivity index (χ4n) is 1.26. The van der Waals surface area contributed by atoms with Crippen LogP contribution in [0.3, 0.4) is 0 Å². The molecule has 1 atom stereocenters. The Morgan fingerprint density at radius 1 is 1.62 bits per heavy atom. The molecule has 0 aliphatic heterocycles. The molecule has 1 aromatic rings. The molecule has 0 saturated heterocycles. The van der Waals surface area contributed by atoms with Crippen LogP contribution in [0.1, 0.15) is 25.8 Å². The van der Waals surface area contributed by atoms with Crippen molar-refractivity contribution in [2.75, 3.05) is 7.05 Å². The van der Waals surface area contributed by atoms with Gasteiger partial charge in [-0.25, -0.2) is 8.42 Å². The molecule has 1 rings (SSSR count). The highest BCUT2D eigenvalue weighted by Crippen LogP contribution is 2.20. The molecule has 0 spiro atoms. The molecule has 1 aromatic heterocycles. The second-order valence-electron chi connectivity index (χ2n) is 3.64. The Morgan fingerprint density at radius 2 is 2.25 bits per heavy atom. The quantitative estimate of drug-likeness (QED) is 0.822. The predicted octanol–water partition coefficient (Wildman–Crippen LogP) is 1.57. The van der Waals surface area contributed by atoms with E-state index in [1.807, 2.05) is 13.8 Å². The summed E-state index contributed by atoms with van der Waals surface area (Å²) in [5.41, 5.74) is 0.497. The molecule has 0 amide bonds. The zero-order valence-corrected chi connectivity index (χ0v) is 11.1. The van der Waals surface area contributed by atoms with E-state index in [9.17, 15) is 8.42 Å². The minimum Gasteiger partial charge on any atom is -0.266 e. The van der Waals surface area contributed by atoms with Crippen molar-refractivity contribution in [2.45, 2.75) is 37.2 Å². The first-order valence-electron chi connectivity index (χ1n) is 5.01. The van der Waals surface area contributed by atoms with Crippen molar-refractivity contribution in [3.63, 3.8) is 0 Å². The van der Waals surface area contributed by atoms with Crippen molar-refractivity contribution < 1.29 is 8.42 Å². The van der Waals surface area contributed by atoms with Gasteiger partial charge >= 0.3 is 0 Å². The average molecular weight is 266 g/mol. The van der Waals surface area contributed by atoms with Crippen LogP contribution in [0.15, 0.2) is 11.2 Å². The van der Waals surface area contributed by atoms with Crippen molar-refractivity contribution in [1.82, 2.24) is 14.5 Å². The van der Waals surface area contributed by atoms with E-state index >= 15 is 0 Å². The van der Waals surface area contributed by atoms with Gasteiger partial charge in [0.1, 0.15) is 0 Å². The molecule has 0 aromatic carbocycles. The minimum absolute atomic E-state index is 0.0588. The summed E-state index contributed by atoms with van der Waals surface area (Å²) in [6, 6.07) is -0.0588. The maximum Gasteiger partial charge on any atom is 0.260 e. The smallest absolute Gasteiger partial charge is 0.260 e. The van der Waals surface area contributed by atoms with Gasteiger partial charge in [0.2, 0.25) is 0 Å². The van der Waals surface area contributed by atoms with Crippen LogP contribution in [-0.2, 0) is 15.9 Å². The summed E-state index contributed by atoms with van der Waals surface area (Å²) in [7, 11) is -1.96. The van der Waals surface area contributed by atoms with Gasteiger partial charge in [0.15, 0.2) is 5.03 Å². The first-order valence-corrected chi connectivity index (χ1v) is 6.98. The third kappa shape index (κ3) is 2.39. The number of halogens is 1. The van der Waals surface area contributed by atoms with E-state index < -0.39 is 10.0 Å². The number of rotatable bonds is 5. The molecule has 7 heteroatoms. The number of alkyl halides is 1. The number of hydrogen-bond donors (Lipinski definition) is 1. The van der Waals surface area contributed by atoms with E-state index in [1.165, 1.54) is 10.5 Å². The van der Waals surface area contributed by atoms with Crippen molar-refractivity contribution >= 4 is 21.6 Å². The van der Waals surface area contributed by atoms with Crippen LogP contribution in [0.2, 0.25) is 0 Å². The first kappa shape index (κ1) is 13.5. The molecule has 0 aliphatic rings. The lowest BCUT2D eigenvalue weighted by molar-refractivity contribution is 0.379. The summed E-state index contributed by atoms with van der Waals surface area (Å²) >= 11 is 5.65. The zero-order chi connectivity index (χ0) is 12.3. The summed E-state index contributed by atoms with van der Waals surface area (Å²) in [4.78, 5) is 0. The molecular weight excluding hydrogens is 250 g/mol. The van der Waals surface area contributed by atoms with Gasteiger partial charge in [-0.05, 0) is 13.3 Å². The second-order valence-corrected chi connectivity index (χ2v) is 5.84. The molecule has 16 heavy (non-hydrogen) atoms. The molecule has 0 radical (unpaired) electrons. The molecule has 92 valence electrons. The topological polar surface area (TPSA) is 66.1 Å². The highest BCUT2D eigenvalue weighted by molar-refractivity contribution is 7.89. The highest BCUT2D eigenvalue weighted by atomic mass is 35.5. The van der Waals surface area contributed by atoms with Gasteiger partial charge in [-0.15, -0.1) is 11.6 Å². The van der Waals surface area contributed by atoms with E-state index in [0.717, 1.165) is 6.42 Å². The third-order valence-electron chi connectivity index (χ3n) is 2.67. The molecule has 1 N–H and O–H groups in total. The SMILES string of the molecule is CCC(C)N(C)S(=O)(=O)c1[nH]ncc1CCl. The Kier molecular flexibility index (Phi) is 4.35. The van der Waals surface area contributed by atoms with E-state index in [-0.39, 0.29) is 16.9 Å². The molecular formula is C9H16ClN3O2S. The van der Waals surface area contributed by atoms with Crippen LogP contribution in [0.25, 0.3) is 0 Å². The van der Waals surface area contributed by atoms with Crippen LogP contribution in [-0.4, -0.2) is 36.0 Å². The number of hydrogen-bond acceptors (Lipinski definition) is 3. The lowest BCUT2D eigenvalue weighted by Crippen LogP contribution is -2.35. The van der Waals surface area contributed by atoms with Gasteiger partial charge < -0.3 is 0 Å². The molecule has 0 aliphatic carbocycles. The van der Waals surface area contributed by atoms with E-state index in [1.54, 1.807) is 7.05 Å². The number of sulfonamides is 1. The maximum atomic E-state index is 12.2. The molecule has 1 heterocycles. The monoisotopic (exact) mass is 265 g/mol. The van der Waals surface area contributed by atoms with E-state index in [2.05, 4.69) is 10.2 Å². The van der Waals surface area contributed by atoms with Crippen LogP contribution < -0.4 is 0 Å². The minimum atomic E-state index is -3.52. The average Bonchev–Trinajstić information content (AvgIpc) is 2.75. The Balaban J connectivity index is 3.12. The third-order valence-corrected chi connectivity index (χ3v) is 4.95. The standard InChI is InChI=1S/C9H16ClN3O2S/c1-4-7(2)13(3)16(14,15)9-8(5-10)6-11-12-9/h6-7H,4-5H2,1-3H3,(H,11,12). The van der Waals surface area contributed by atoms with Gasteiger partial charge in [-0.3, -0.25) is 5.10 Å². The fraction of sp³-hybridized carbons (Fsp3) is 0.667. The number of aromatic amines is 1. The molecule has 5 nitrogen and oxygen atoms in total. The van der Waals surface area contributed by atoms with E-state index in [4.69, 9.17) is 11.6 Å². The summed E-state index contributed by atoms with van der Waals surface area (Å²) in [6.45, 7) is 3.79. The van der Waals surface area contributed by atoms with Crippen molar-refractivity contribution in [3.05, 3.63) is 11.8 Å². The van der Waals surface area contributed by atoms with Gasteiger partial charge in [0.05, 0.1) is 12.1 Å². The van der Waals surface area contributed by atoms with Gasteiger partial charge in [0, 0.05) is 18.7 Å². The Labute approximate surface area is 101 Å².